The maximum Gasteiger partial charge on any atom is 0.358 e. The summed E-state index contributed by atoms with van der Waals surface area (Å²) in [4.78, 5) is 20.0. The molecule has 0 aliphatic heterocycles. The number of esters is 1. The second kappa shape index (κ2) is 7.61. The van der Waals surface area contributed by atoms with Crippen LogP contribution in [0.1, 0.15) is 42.0 Å². The van der Waals surface area contributed by atoms with Crippen molar-refractivity contribution in [1.82, 2.24) is 9.97 Å². The Kier molecular flexibility index (Phi) is 5.77. The van der Waals surface area contributed by atoms with Crippen molar-refractivity contribution in [2.75, 3.05) is 6.61 Å². The number of carbonyl (C=O) groups excluding carboxylic acids is 1. The predicted molar refractivity (Wildman–Crippen MR) is 82.7 cm³/mol. The van der Waals surface area contributed by atoms with Crippen LogP contribution in [0.4, 0.5) is 13.2 Å². The number of alkyl halides is 2. The summed E-state index contributed by atoms with van der Waals surface area (Å²) in [7, 11) is 0. The SMILES string of the molecule is CCOC(=O)c1nc(-c2c(C(F)F)ccc(Cl)c2F)cnc1CC. The fourth-order valence-electron chi connectivity index (χ4n) is 2.16. The van der Waals surface area contributed by atoms with Crippen LogP contribution in [0.15, 0.2) is 18.3 Å². The highest BCUT2D eigenvalue weighted by molar-refractivity contribution is 6.31. The van der Waals surface area contributed by atoms with E-state index in [1.54, 1.807) is 13.8 Å². The van der Waals surface area contributed by atoms with Gasteiger partial charge in [-0.3, -0.25) is 4.98 Å². The van der Waals surface area contributed by atoms with Gasteiger partial charge in [-0.1, -0.05) is 24.6 Å². The molecule has 1 aromatic carbocycles. The number of rotatable bonds is 5. The average molecular weight is 359 g/mol. The molecule has 0 saturated heterocycles. The quantitative estimate of drug-likeness (QED) is 0.732. The zero-order chi connectivity index (χ0) is 17.9. The molecule has 2 aromatic rings. The molecule has 24 heavy (non-hydrogen) atoms. The first-order valence-corrected chi connectivity index (χ1v) is 7.57. The van der Waals surface area contributed by atoms with E-state index in [-0.39, 0.29) is 23.0 Å². The molecule has 0 aliphatic carbocycles. The second-order valence-corrected chi connectivity index (χ2v) is 5.16. The largest absolute Gasteiger partial charge is 0.461 e. The summed E-state index contributed by atoms with van der Waals surface area (Å²) in [5.74, 6) is -1.78. The molecule has 1 aromatic heterocycles. The molecule has 128 valence electrons. The minimum atomic E-state index is -2.94. The van der Waals surface area contributed by atoms with E-state index in [1.165, 1.54) is 0 Å². The molecule has 4 nitrogen and oxygen atoms in total. The van der Waals surface area contributed by atoms with Crippen molar-refractivity contribution in [3.8, 4) is 11.3 Å². The van der Waals surface area contributed by atoms with Crippen LogP contribution < -0.4 is 0 Å². The molecule has 0 fully saturated rings. The Balaban J connectivity index is 2.68. The lowest BCUT2D eigenvalue weighted by Crippen LogP contribution is -2.13. The highest BCUT2D eigenvalue weighted by Gasteiger charge is 2.24. The number of halogens is 4. The van der Waals surface area contributed by atoms with Gasteiger partial charge in [0, 0.05) is 11.1 Å². The van der Waals surface area contributed by atoms with Crippen LogP contribution in [0.5, 0.6) is 0 Å². The molecule has 2 rings (SSSR count). The normalized spacial score (nSPS) is 11.0. The summed E-state index contributed by atoms with van der Waals surface area (Å²) < 4.78 is 45.6. The standard InChI is InChI=1S/C16H14ClF3N2O2/c1-3-10-14(16(23)24-4-2)22-11(7-21-10)12-8(15(19)20)5-6-9(17)13(12)18/h5-7,15H,3-4H2,1-2H3. The highest BCUT2D eigenvalue weighted by Crippen LogP contribution is 2.35. The Bertz CT molecular complexity index is 769. The number of aromatic nitrogens is 2. The van der Waals surface area contributed by atoms with Gasteiger partial charge < -0.3 is 4.74 Å². The number of nitrogens with zero attached hydrogens (tertiary/aromatic N) is 2. The van der Waals surface area contributed by atoms with Gasteiger partial charge in [0.25, 0.3) is 6.43 Å². The van der Waals surface area contributed by atoms with Gasteiger partial charge in [0.05, 0.1) is 29.2 Å². The van der Waals surface area contributed by atoms with Crippen molar-refractivity contribution in [1.29, 1.82) is 0 Å². The zero-order valence-electron chi connectivity index (χ0n) is 12.9. The molecule has 0 amide bonds. The van der Waals surface area contributed by atoms with Crippen molar-refractivity contribution < 1.29 is 22.7 Å². The fraction of sp³-hybridized carbons (Fsp3) is 0.312. The average Bonchev–Trinajstić information content (AvgIpc) is 2.56. The van der Waals surface area contributed by atoms with Crippen LogP contribution in [0.3, 0.4) is 0 Å². The van der Waals surface area contributed by atoms with Crippen LogP contribution in [-0.2, 0) is 11.2 Å². The van der Waals surface area contributed by atoms with E-state index >= 15 is 0 Å². The van der Waals surface area contributed by atoms with Crippen molar-refractivity contribution in [2.24, 2.45) is 0 Å². The van der Waals surface area contributed by atoms with Crippen LogP contribution in [0.2, 0.25) is 5.02 Å². The molecule has 0 spiro atoms. The summed E-state index contributed by atoms with van der Waals surface area (Å²) >= 11 is 5.69. The highest BCUT2D eigenvalue weighted by atomic mass is 35.5. The molecule has 0 aliphatic rings. The van der Waals surface area contributed by atoms with E-state index < -0.39 is 29.3 Å². The first-order valence-electron chi connectivity index (χ1n) is 7.20. The molecule has 0 atom stereocenters. The van der Waals surface area contributed by atoms with E-state index in [1.807, 2.05) is 0 Å². The van der Waals surface area contributed by atoms with Gasteiger partial charge in [-0.05, 0) is 19.4 Å². The summed E-state index contributed by atoms with van der Waals surface area (Å²) in [6, 6.07) is 2.06. The Labute approximate surface area is 141 Å². The monoisotopic (exact) mass is 358 g/mol. The summed E-state index contributed by atoms with van der Waals surface area (Å²) in [5.41, 5.74) is -1.05. The third kappa shape index (κ3) is 3.51. The third-order valence-electron chi connectivity index (χ3n) is 3.27. The molecular weight excluding hydrogens is 345 g/mol. The topological polar surface area (TPSA) is 52.1 Å². The number of aryl methyl sites for hydroxylation is 1. The molecule has 8 heteroatoms. The summed E-state index contributed by atoms with van der Waals surface area (Å²) in [6.07, 6.45) is -1.42. The van der Waals surface area contributed by atoms with Crippen LogP contribution in [0.25, 0.3) is 11.3 Å². The fourth-order valence-corrected chi connectivity index (χ4v) is 2.32. The van der Waals surface area contributed by atoms with E-state index in [4.69, 9.17) is 16.3 Å². The maximum atomic E-state index is 14.3. The molecular formula is C16H14ClF3N2O2. The van der Waals surface area contributed by atoms with Gasteiger partial charge in [-0.15, -0.1) is 0 Å². The van der Waals surface area contributed by atoms with Crippen molar-refractivity contribution >= 4 is 17.6 Å². The first-order chi connectivity index (χ1) is 11.4. The Morgan fingerprint density at radius 1 is 1.33 bits per heavy atom. The number of benzene rings is 1. The van der Waals surface area contributed by atoms with Gasteiger partial charge in [0.2, 0.25) is 0 Å². The van der Waals surface area contributed by atoms with Gasteiger partial charge in [0.15, 0.2) is 11.5 Å². The van der Waals surface area contributed by atoms with E-state index in [0.29, 0.717) is 12.1 Å². The van der Waals surface area contributed by atoms with Gasteiger partial charge >= 0.3 is 5.97 Å². The van der Waals surface area contributed by atoms with Crippen molar-refractivity contribution in [3.63, 3.8) is 0 Å². The van der Waals surface area contributed by atoms with Gasteiger partial charge in [-0.25, -0.2) is 22.9 Å². The molecule has 0 saturated carbocycles. The molecule has 0 bridgehead atoms. The Morgan fingerprint density at radius 2 is 2.04 bits per heavy atom. The third-order valence-corrected chi connectivity index (χ3v) is 3.56. The Morgan fingerprint density at radius 3 is 2.62 bits per heavy atom. The van der Waals surface area contributed by atoms with Gasteiger partial charge in [0.1, 0.15) is 0 Å². The molecule has 0 N–H and O–H groups in total. The van der Waals surface area contributed by atoms with Crippen LogP contribution >= 0.6 is 11.6 Å². The van der Waals surface area contributed by atoms with E-state index in [9.17, 15) is 18.0 Å². The summed E-state index contributed by atoms with van der Waals surface area (Å²) in [5, 5.41) is -0.326. The molecule has 0 unspecified atom stereocenters. The lowest BCUT2D eigenvalue weighted by molar-refractivity contribution is 0.0517. The Hall–Kier alpha value is -2.15. The van der Waals surface area contributed by atoms with Crippen molar-refractivity contribution in [3.05, 3.63) is 46.1 Å². The number of hydrogen-bond donors (Lipinski definition) is 0. The number of ether oxygens (including phenoxy) is 1. The van der Waals surface area contributed by atoms with E-state index in [2.05, 4.69) is 9.97 Å². The smallest absolute Gasteiger partial charge is 0.358 e. The minimum absolute atomic E-state index is 0.113. The van der Waals surface area contributed by atoms with Crippen LogP contribution in [0, 0.1) is 5.82 Å². The van der Waals surface area contributed by atoms with Crippen molar-refractivity contribution in [2.45, 2.75) is 26.7 Å². The predicted octanol–water partition coefficient (Wildman–Crippen LogP) is 4.61. The maximum absolute atomic E-state index is 14.3. The van der Waals surface area contributed by atoms with E-state index in [0.717, 1.165) is 18.3 Å². The number of hydrogen-bond acceptors (Lipinski definition) is 4. The first kappa shape index (κ1) is 18.2. The van der Waals surface area contributed by atoms with Crippen LogP contribution in [-0.4, -0.2) is 22.5 Å². The van der Waals surface area contributed by atoms with Gasteiger partial charge in [-0.2, -0.15) is 0 Å². The lowest BCUT2D eigenvalue weighted by Gasteiger charge is -2.13. The molecule has 1 heterocycles. The minimum Gasteiger partial charge on any atom is -0.461 e. The zero-order valence-corrected chi connectivity index (χ0v) is 13.7. The second-order valence-electron chi connectivity index (χ2n) is 4.75. The number of carbonyl (C=O) groups is 1. The summed E-state index contributed by atoms with van der Waals surface area (Å²) in [6.45, 7) is 3.48. The lowest BCUT2D eigenvalue weighted by atomic mass is 10.0. The molecule has 0 radical (unpaired) electrons.